The fourth-order valence-electron chi connectivity index (χ4n) is 2.26. The molecule has 1 fully saturated rings. The molecule has 0 atom stereocenters. The number of hydrogen-bond acceptors (Lipinski definition) is 5. The number of benzene rings is 1. The van der Waals surface area contributed by atoms with Crippen molar-refractivity contribution in [1.29, 1.82) is 0 Å². The van der Waals surface area contributed by atoms with Crippen LogP contribution in [0.5, 0.6) is 5.75 Å². The number of thiocarbonyl (C=S) groups is 1. The zero-order chi connectivity index (χ0) is 16.4. The van der Waals surface area contributed by atoms with E-state index in [2.05, 4.69) is 0 Å². The van der Waals surface area contributed by atoms with Crippen molar-refractivity contribution in [2.45, 2.75) is 6.92 Å². The van der Waals surface area contributed by atoms with E-state index in [0.29, 0.717) is 17.3 Å². The van der Waals surface area contributed by atoms with Crippen molar-refractivity contribution in [3.8, 4) is 17.1 Å². The highest BCUT2D eigenvalue weighted by Crippen LogP contribution is 2.34. The molecule has 2 heterocycles. The Bertz CT molecular complexity index is 795. The number of nitrogens with zero attached hydrogens (tertiary/aromatic N) is 1. The van der Waals surface area contributed by atoms with Crippen molar-refractivity contribution in [3.63, 3.8) is 0 Å². The Morgan fingerprint density at radius 1 is 1.35 bits per heavy atom. The lowest BCUT2D eigenvalue weighted by molar-refractivity contribution is 0.247. The van der Waals surface area contributed by atoms with Crippen molar-refractivity contribution in [2.24, 2.45) is 0 Å². The number of hydrogen-bond donors (Lipinski definition) is 0. The number of carbonyl (C=O) groups is 1. The molecule has 6 heteroatoms. The van der Waals surface area contributed by atoms with Gasteiger partial charge in [-0.1, -0.05) is 24.4 Å². The van der Waals surface area contributed by atoms with Crippen molar-refractivity contribution < 1.29 is 13.9 Å². The Kier molecular flexibility index (Phi) is 4.54. The number of methoxy groups -OCH3 is 1. The van der Waals surface area contributed by atoms with Gasteiger partial charge in [0.2, 0.25) is 0 Å². The largest absolute Gasteiger partial charge is 0.497 e. The minimum atomic E-state index is -0.0386. The van der Waals surface area contributed by atoms with Gasteiger partial charge in [0.15, 0.2) is 0 Å². The van der Waals surface area contributed by atoms with Crippen LogP contribution in [0.25, 0.3) is 17.4 Å². The van der Waals surface area contributed by atoms with Crippen LogP contribution in [0, 0.1) is 0 Å². The van der Waals surface area contributed by atoms with E-state index in [-0.39, 0.29) is 5.24 Å². The number of amides is 1. The van der Waals surface area contributed by atoms with E-state index in [1.54, 1.807) is 12.0 Å². The quantitative estimate of drug-likeness (QED) is 0.587. The SMILES string of the molecule is CCN1C(=O)S/C(=C/c2ccc(-c3cccc(OC)c3)o2)C1=S. The maximum Gasteiger partial charge on any atom is 0.291 e. The Morgan fingerprint density at radius 2 is 2.17 bits per heavy atom. The summed E-state index contributed by atoms with van der Waals surface area (Å²) in [5.74, 6) is 2.18. The summed E-state index contributed by atoms with van der Waals surface area (Å²) in [5, 5.41) is -0.0386. The number of furan rings is 1. The van der Waals surface area contributed by atoms with Gasteiger partial charge in [-0.3, -0.25) is 9.69 Å². The van der Waals surface area contributed by atoms with Crippen molar-refractivity contribution in [2.75, 3.05) is 13.7 Å². The minimum Gasteiger partial charge on any atom is -0.497 e. The van der Waals surface area contributed by atoms with E-state index in [0.717, 1.165) is 33.7 Å². The Morgan fingerprint density at radius 3 is 2.87 bits per heavy atom. The molecule has 4 nitrogen and oxygen atoms in total. The number of likely N-dealkylation sites (N-methyl/N-ethyl adjacent to an activating group) is 1. The first-order chi connectivity index (χ1) is 11.1. The molecule has 1 amide bonds. The summed E-state index contributed by atoms with van der Waals surface area (Å²) in [6, 6.07) is 11.4. The lowest BCUT2D eigenvalue weighted by atomic mass is 10.2. The molecular weight excluding hydrogens is 330 g/mol. The van der Waals surface area contributed by atoms with Gasteiger partial charge >= 0.3 is 0 Å². The van der Waals surface area contributed by atoms with E-state index >= 15 is 0 Å². The summed E-state index contributed by atoms with van der Waals surface area (Å²) >= 11 is 6.47. The van der Waals surface area contributed by atoms with Gasteiger partial charge < -0.3 is 9.15 Å². The van der Waals surface area contributed by atoms with Gasteiger partial charge in [0, 0.05) is 12.1 Å². The first kappa shape index (κ1) is 15.8. The molecule has 0 bridgehead atoms. The summed E-state index contributed by atoms with van der Waals surface area (Å²) in [6.45, 7) is 2.48. The highest BCUT2D eigenvalue weighted by atomic mass is 32.2. The molecular formula is C17H15NO3S2. The average molecular weight is 345 g/mol. The molecule has 0 aliphatic carbocycles. The summed E-state index contributed by atoms with van der Waals surface area (Å²) in [6.07, 6.45) is 1.81. The third-order valence-electron chi connectivity index (χ3n) is 3.44. The van der Waals surface area contributed by atoms with Crippen LogP contribution in [0.2, 0.25) is 0 Å². The van der Waals surface area contributed by atoms with Crippen LogP contribution in [0.15, 0.2) is 45.7 Å². The molecule has 2 aromatic rings. The molecule has 3 rings (SSSR count). The topological polar surface area (TPSA) is 42.7 Å². The third kappa shape index (κ3) is 3.18. The molecule has 0 radical (unpaired) electrons. The fourth-order valence-corrected chi connectivity index (χ4v) is 3.61. The molecule has 0 saturated carbocycles. The normalized spacial score (nSPS) is 16.4. The fraction of sp³-hybridized carbons (Fsp3) is 0.176. The van der Waals surface area contributed by atoms with Gasteiger partial charge in [0.05, 0.1) is 12.0 Å². The third-order valence-corrected chi connectivity index (χ3v) is 4.94. The standard InChI is InChI=1S/C17H15NO3S2/c1-3-18-16(22)15(23-17(18)19)10-13-7-8-14(21-13)11-5-4-6-12(9-11)20-2/h4-10H,3H2,1-2H3/b15-10+. The molecule has 0 unspecified atom stereocenters. The number of rotatable bonds is 4. The monoisotopic (exact) mass is 345 g/mol. The van der Waals surface area contributed by atoms with Gasteiger partial charge in [-0.2, -0.15) is 0 Å². The van der Waals surface area contributed by atoms with Crippen LogP contribution >= 0.6 is 24.0 Å². The van der Waals surface area contributed by atoms with Crippen LogP contribution in [-0.2, 0) is 0 Å². The van der Waals surface area contributed by atoms with Crippen LogP contribution in [0.1, 0.15) is 12.7 Å². The van der Waals surface area contributed by atoms with Gasteiger partial charge in [0.1, 0.15) is 22.3 Å². The van der Waals surface area contributed by atoms with Gasteiger partial charge in [0.25, 0.3) is 5.24 Å². The Labute approximate surface area is 144 Å². The number of thioether (sulfide) groups is 1. The summed E-state index contributed by atoms with van der Waals surface area (Å²) in [5.41, 5.74) is 0.932. The second-order valence-electron chi connectivity index (χ2n) is 4.86. The van der Waals surface area contributed by atoms with Gasteiger partial charge in [-0.05, 0) is 49.0 Å². The summed E-state index contributed by atoms with van der Waals surface area (Å²) in [7, 11) is 1.63. The molecule has 1 aromatic heterocycles. The lowest BCUT2D eigenvalue weighted by Gasteiger charge is -2.09. The first-order valence-electron chi connectivity index (χ1n) is 7.12. The molecule has 23 heavy (non-hydrogen) atoms. The van der Waals surface area contributed by atoms with Crippen LogP contribution in [0.3, 0.4) is 0 Å². The van der Waals surface area contributed by atoms with Crippen LogP contribution < -0.4 is 4.74 Å². The average Bonchev–Trinajstić information content (AvgIpc) is 3.13. The molecule has 0 spiro atoms. The van der Waals surface area contributed by atoms with Crippen LogP contribution in [0.4, 0.5) is 4.79 Å². The highest BCUT2D eigenvalue weighted by molar-refractivity contribution is 8.19. The molecule has 1 aliphatic heterocycles. The second kappa shape index (κ2) is 6.60. The van der Waals surface area contributed by atoms with Crippen molar-refractivity contribution in [3.05, 3.63) is 47.1 Å². The predicted octanol–water partition coefficient (Wildman–Crippen LogP) is 4.81. The van der Waals surface area contributed by atoms with Gasteiger partial charge in [-0.25, -0.2) is 0 Å². The first-order valence-corrected chi connectivity index (χ1v) is 8.34. The second-order valence-corrected chi connectivity index (χ2v) is 6.24. The smallest absolute Gasteiger partial charge is 0.291 e. The molecule has 0 N–H and O–H groups in total. The Hall–Kier alpha value is -2.05. The van der Waals surface area contributed by atoms with E-state index in [4.69, 9.17) is 21.4 Å². The maximum atomic E-state index is 11.8. The molecule has 1 saturated heterocycles. The summed E-state index contributed by atoms with van der Waals surface area (Å²) in [4.78, 5) is 14.7. The zero-order valence-corrected chi connectivity index (χ0v) is 14.4. The summed E-state index contributed by atoms with van der Waals surface area (Å²) < 4.78 is 11.1. The van der Waals surface area contributed by atoms with Crippen molar-refractivity contribution in [1.82, 2.24) is 4.90 Å². The van der Waals surface area contributed by atoms with Crippen LogP contribution in [-0.4, -0.2) is 28.8 Å². The van der Waals surface area contributed by atoms with E-state index < -0.39 is 0 Å². The predicted molar refractivity (Wildman–Crippen MR) is 96.6 cm³/mol. The zero-order valence-electron chi connectivity index (χ0n) is 12.7. The van der Waals surface area contributed by atoms with E-state index in [1.807, 2.05) is 49.4 Å². The van der Waals surface area contributed by atoms with E-state index in [1.165, 1.54) is 0 Å². The number of ether oxygens (including phenoxy) is 1. The molecule has 1 aliphatic rings. The maximum absolute atomic E-state index is 11.8. The minimum absolute atomic E-state index is 0.0386. The molecule has 118 valence electrons. The lowest BCUT2D eigenvalue weighted by Crippen LogP contribution is -2.26. The Balaban J connectivity index is 1.86. The highest BCUT2D eigenvalue weighted by Gasteiger charge is 2.30. The number of carbonyl (C=O) groups excluding carboxylic acids is 1. The van der Waals surface area contributed by atoms with E-state index in [9.17, 15) is 4.79 Å². The molecule has 1 aromatic carbocycles. The van der Waals surface area contributed by atoms with Crippen molar-refractivity contribution >= 4 is 40.3 Å². The van der Waals surface area contributed by atoms with Gasteiger partial charge in [-0.15, -0.1) is 0 Å².